The van der Waals surface area contributed by atoms with Crippen LogP contribution in [0, 0.1) is 20.8 Å². The minimum absolute atomic E-state index is 0.231. The molecule has 1 aromatic rings. The fourth-order valence-electron chi connectivity index (χ4n) is 2.34. The lowest BCUT2D eigenvalue weighted by molar-refractivity contribution is 0.157. The fraction of sp³-hybridized carbons (Fsp3) is 0.467. The third-order valence-corrected chi connectivity index (χ3v) is 3.45. The summed E-state index contributed by atoms with van der Waals surface area (Å²) in [7, 11) is 1.72. The Bertz CT molecular complexity index is 496. The van der Waals surface area contributed by atoms with Crippen LogP contribution in [0.4, 0.5) is 0 Å². The minimum Gasteiger partial charge on any atom is -0.496 e. The first-order valence-corrected chi connectivity index (χ1v) is 5.93. The highest BCUT2D eigenvalue weighted by atomic mass is 16.5. The monoisotopic (exact) mass is 232 g/mol. The van der Waals surface area contributed by atoms with Crippen molar-refractivity contribution < 1.29 is 9.47 Å². The SMILES string of the molecule is COc1c(C)c(C)c2c(c1C)C=CC(C)(C)O2. The van der Waals surface area contributed by atoms with Crippen molar-refractivity contribution in [1.82, 2.24) is 0 Å². The maximum absolute atomic E-state index is 6.07. The molecule has 1 heterocycles. The van der Waals surface area contributed by atoms with Gasteiger partial charge < -0.3 is 9.47 Å². The molecule has 0 saturated carbocycles. The maximum atomic E-state index is 6.07. The van der Waals surface area contributed by atoms with Crippen LogP contribution >= 0.6 is 0 Å². The molecule has 1 aliphatic heterocycles. The number of methoxy groups -OCH3 is 1. The molecule has 1 aromatic carbocycles. The van der Waals surface area contributed by atoms with E-state index in [2.05, 4.69) is 46.8 Å². The maximum Gasteiger partial charge on any atom is 0.131 e. The summed E-state index contributed by atoms with van der Waals surface area (Å²) in [5, 5.41) is 0. The van der Waals surface area contributed by atoms with Crippen LogP contribution in [-0.2, 0) is 0 Å². The molecule has 0 unspecified atom stereocenters. The Morgan fingerprint density at radius 1 is 1.06 bits per heavy atom. The molecule has 0 radical (unpaired) electrons. The highest BCUT2D eigenvalue weighted by Gasteiger charge is 2.26. The van der Waals surface area contributed by atoms with Crippen LogP contribution in [0.3, 0.4) is 0 Å². The smallest absolute Gasteiger partial charge is 0.131 e. The summed E-state index contributed by atoms with van der Waals surface area (Å²) in [6, 6.07) is 0. The second-order valence-electron chi connectivity index (χ2n) is 5.19. The zero-order chi connectivity index (χ0) is 12.8. The van der Waals surface area contributed by atoms with Crippen LogP contribution in [0.5, 0.6) is 11.5 Å². The minimum atomic E-state index is -0.231. The van der Waals surface area contributed by atoms with E-state index in [0.717, 1.165) is 28.2 Å². The predicted octanol–water partition coefficient (Wildman–Crippen LogP) is 3.80. The number of benzene rings is 1. The van der Waals surface area contributed by atoms with Gasteiger partial charge in [-0.1, -0.05) is 6.08 Å². The third-order valence-electron chi connectivity index (χ3n) is 3.45. The van der Waals surface area contributed by atoms with Crippen molar-refractivity contribution in [2.45, 2.75) is 40.2 Å². The van der Waals surface area contributed by atoms with Crippen molar-refractivity contribution in [3.63, 3.8) is 0 Å². The molecule has 0 fully saturated rings. The summed E-state index contributed by atoms with van der Waals surface area (Å²) < 4.78 is 11.6. The number of ether oxygens (including phenoxy) is 2. The second-order valence-corrected chi connectivity index (χ2v) is 5.19. The van der Waals surface area contributed by atoms with Gasteiger partial charge in [-0.25, -0.2) is 0 Å². The molecule has 0 N–H and O–H groups in total. The summed E-state index contributed by atoms with van der Waals surface area (Å²) in [4.78, 5) is 0. The Kier molecular flexibility index (Phi) is 2.69. The van der Waals surface area contributed by atoms with Gasteiger partial charge >= 0.3 is 0 Å². The lowest BCUT2D eigenvalue weighted by Gasteiger charge is -2.31. The molecule has 0 amide bonds. The van der Waals surface area contributed by atoms with E-state index in [-0.39, 0.29) is 5.60 Å². The standard InChI is InChI=1S/C15H20O2/c1-9-10(2)14-12(11(3)13(9)16-6)7-8-15(4,5)17-14/h7-8H,1-6H3. The Labute approximate surface area is 103 Å². The van der Waals surface area contributed by atoms with Crippen molar-refractivity contribution in [3.8, 4) is 11.5 Å². The Balaban J connectivity index is 2.72. The van der Waals surface area contributed by atoms with Gasteiger partial charge in [0.15, 0.2) is 0 Å². The summed E-state index contributed by atoms with van der Waals surface area (Å²) >= 11 is 0. The van der Waals surface area contributed by atoms with E-state index >= 15 is 0 Å². The van der Waals surface area contributed by atoms with Crippen LogP contribution in [0.2, 0.25) is 0 Å². The number of hydrogen-bond donors (Lipinski definition) is 0. The average molecular weight is 232 g/mol. The third kappa shape index (κ3) is 1.82. The zero-order valence-electron chi connectivity index (χ0n) is 11.5. The van der Waals surface area contributed by atoms with E-state index < -0.39 is 0 Å². The van der Waals surface area contributed by atoms with E-state index in [1.807, 2.05) is 0 Å². The fourth-order valence-corrected chi connectivity index (χ4v) is 2.34. The predicted molar refractivity (Wildman–Crippen MR) is 70.9 cm³/mol. The Morgan fingerprint density at radius 2 is 1.71 bits per heavy atom. The first-order valence-electron chi connectivity index (χ1n) is 5.93. The van der Waals surface area contributed by atoms with Crippen LogP contribution in [0.1, 0.15) is 36.1 Å². The highest BCUT2D eigenvalue weighted by molar-refractivity contribution is 5.71. The van der Waals surface area contributed by atoms with Gasteiger partial charge in [-0.15, -0.1) is 0 Å². The number of hydrogen-bond acceptors (Lipinski definition) is 2. The van der Waals surface area contributed by atoms with Gasteiger partial charge in [-0.3, -0.25) is 0 Å². The van der Waals surface area contributed by atoms with Gasteiger partial charge in [0.25, 0.3) is 0 Å². The summed E-state index contributed by atoms with van der Waals surface area (Å²) in [6.45, 7) is 10.4. The Morgan fingerprint density at radius 3 is 2.29 bits per heavy atom. The first-order chi connectivity index (χ1) is 7.87. The lowest BCUT2D eigenvalue weighted by atomic mass is 9.93. The molecule has 92 valence electrons. The molecule has 0 saturated heterocycles. The molecular formula is C15H20O2. The van der Waals surface area contributed by atoms with Gasteiger partial charge in [-0.2, -0.15) is 0 Å². The van der Waals surface area contributed by atoms with Crippen LogP contribution < -0.4 is 9.47 Å². The van der Waals surface area contributed by atoms with Crippen LogP contribution in [0.25, 0.3) is 6.08 Å². The van der Waals surface area contributed by atoms with Gasteiger partial charge in [0, 0.05) is 11.1 Å². The zero-order valence-corrected chi connectivity index (χ0v) is 11.5. The second kappa shape index (κ2) is 3.80. The lowest BCUT2D eigenvalue weighted by Crippen LogP contribution is -2.28. The molecule has 17 heavy (non-hydrogen) atoms. The van der Waals surface area contributed by atoms with Crippen molar-refractivity contribution in [2.24, 2.45) is 0 Å². The van der Waals surface area contributed by atoms with Gasteiger partial charge in [0.1, 0.15) is 17.1 Å². The van der Waals surface area contributed by atoms with Gasteiger partial charge in [-0.05, 0) is 51.8 Å². The molecule has 0 spiro atoms. The summed E-state index contributed by atoms with van der Waals surface area (Å²) in [6.07, 6.45) is 4.24. The summed E-state index contributed by atoms with van der Waals surface area (Å²) in [5.41, 5.74) is 4.39. The van der Waals surface area contributed by atoms with Crippen molar-refractivity contribution in [3.05, 3.63) is 28.3 Å². The first kappa shape index (κ1) is 12.0. The molecule has 2 nitrogen and oxygen atoms in total. The molecule has 0 aliphatic carbocycles. The van der Waals surface area contributed by atoms with Crippen molar-refractivity contribution in [2.75, 3.05) is 7.11 Å². The molecule has 1 aliphatic rings. The highest BCUT2D eigenvalue weighted by Crippen LogP contribution is 2.42. The topological polar surface area (TPSA) is 18.5 Å². The van der Waals surface area contributed by atoms with E-state index in [9.17, 15) is 0 Å². The van der Waals surface area contributed by atoms with Crippen LogP contribution in [0.15, 0.2) is 6.08 Å². The molecule has 0 atom stereocenters. The quantitative estimate of drug-likeness (QED) is 0.733. The normalized spacial score (nSPS) is 16.4. The molecule has 2 rings (SSSR count). The Hall–Kier alpha value is -1.44. The largest absolute Gasteiger partial charge is 0.496 e. The number of fused-ring (bicyclic) bond motifs is 1. The summed E-state index contributed by atoms with van der Waals surface area (Å²) in [5.74, 6) is 1.96. The van der Waals surface area contributed by atoms with Crippen LogP contribution in [-0.4, -0.2) is 12.7 Å². The van der Waals surface area contributed by atoms with Crippen molar-refractivity contribution in [1.29, 1.82) is 0 Å². The molecule has 0 aromatic heterocycles. The van der Waals surface area contributed by atoms with E-state index in [0.29, 0.717) is 0 Å². The molecular weight excluding hydrogens is 212 g/mol. The van der Waals surface area contributed by atoms with E-state index in [4.69, 9.17) is 9.47 Å². The average Bonchev–Trinajstić information content (AvgIpc) is 2.26. The van der Waals surface area contributed by atoms with E-state index in [1.165, 1.54) is 5.56 Å². The molecule has 0 bridgehead atoms. The number of rotatable bonds is 1. The molecule has 2 heteroatoms. The van der Waals surface area contributed by atoms with Gasteiger partial charge in [0.05, 0.1) is 7.11 Å². The van der Waals surface area contributed by atoms with E-state index in [1.54, 1.807) is 7.11 Å². The van der Waals surface area contributed by atoms with Crippen molar-refractivity contribution >= 4 is 6.08 Å². The van der Waals surface area contributed by atoms with Gasteiger partial charge in [0.2, 0.25) is 0 Å².